The fraction of sp³-hybridized carbons (Fsp3) is 0.0667. The summed E-state index contributed by atoms with van der Waals surface area (Å²) >= 11 is 14.9. The molecule has 1 saturated heterocycles. The fourth-order valence-corrected chi connectivity index (χ4v) is 6.34. The standard InChI is InChI=1S/C30H21Cl2N3O4S2/c31-19-11-12-25(23(32)14-19)35-27(36)17-26(30(35)39)41-22-9-4-8-20(15-22)33-29(38)24(16-21-10-5-13-40-21)34-28(37)18-6-2-1-3-7-18/h1-16,26H,17H2,(H,33,38)(H,34,37)/b24-16-. The van der Waals surface area contributed by atoms with E-state index in [-0.39, 0.29) is 34.6 Å². The molecule has 0 saturated carbocycles. The number of benzene rings is 3. The average Bonchev–Trinajstić information content (AvgIpc) is 3.56. The molecule has 0 bridgehead atoms. The van der Waals surface area contributed by atoms with Crippen molar-refractivity contribution in [3.63, 3.8) is 0 Å². The number of thiophene rings is 1. The fourth-order valence-electron chi connectivity index (χ4n) is 4.08. The van der Waals surface area contributed by atoms with Crippen LogP contribution in [0.2, 0.25) is 10.0 Å². The van der Waals surface area contributed by atoms with Crippen molar-refractivity contribution in [2.24, 2.45) is 0 Å². The lowest BCUT2D eigenvalue weighted by Crippen LogP contribution is -2.31. The van der Waals surface area contributed by atoms with Gasteiger partial charge in [0, 0.05) is 32.5 Å². The van der Waals surface area contributed by atoms with Gasteiger partial charge < -0.3 is 10.6 Å². The van der Waals surface area contributed by atoms with Crippen LogP contribution >= 0.6 is 46.3 Å². The third-order valence-corrected chi connectivity index (χ3v) is 8.52. The predicted molar refractivity (Wildman–Crippen MR) is 164 cm³/mol. The summed E-state index contributed by atoms with van der Waals surface area (Å²) in [4.78, 5) is 54.5. The highest BCUT2D eigenvalue weighted by Gasteiger charge is 2.41. The number of rotatable bonds is 8. The Morgan fingerprint density at radius 3 is 2.49 bits per heavy atom. The summed E-state index contributed by atoms with van der Waals surface area (Å²) in [6.07, 6.45) is 1.61. The molecule has 0 radical (unpaired) electrons. The number of hydrogen-bond acceptors (Lipinski definition) is 6. The van der Waals surface area contributed by atoms with Crippen molar-refractivity contribution in [1.29, 1.82) is 0 Å². The van der Waals surface area contributed by atoms with Crippen LogP contribution in [0.5, 0.6) is 0 Å². The summed E-state index contributed by atoms with van der Waals surface area (Å²) in [5, 5.41) is 7.34. The highest BCUT2D eigenvalue weighted by Crippen LogP contribution is 2.38. The Hall–Kier alpha value is -3.89. The minimum atomic E-state index is -0.667. The molecule has 2 heterocycles. The van der Waals surface area contributed by atoms with Gasteiger partial charge in [-0.25, -0.2) is 4.90 Å². The van der Waals surface area contributed by atoms with E-state index in [0.29, 0.717) is 21.2 Å². The summed E-state index contributed by atoms with van der Waals surface area (Å²) in [6, 6.07) is 23.8. The first-order valence-corrected chi connectivity index (χ1v) is 14.8. The van der Waals surface area contributed by atoms with Crippen molar-refractivity contribution in [2.45, 2.75) is 16.6 Å². The number of thioether (sulfide) groups is 1. The van der Waals surface area contributed by atoms with E-state index in [0.717, 1.165) is 9.78 Å². The van der Waals surface area contributed by atoms with E-state index in [1.165, 1.54) is 29.2 Å². The summed E-state index contributed by atoms with van der Waals surface area (Å²) in [5.41, 5.74) is 1.24. The summed E-state index contributed by atoms with van der Waals surface area (Å²) in [7, 11) is 0. The van der Waals surface area contributed by atoms with Crippen LogP contribution in [-0.4, -0.2) is 28.9 Å². The molecule has 4 aromatic rings. The van der Waals surface area contributed by atoms with Gasteiger partial charge in [-0.1, -0.05) is 53.5 Å². The molecular formula is C30H21Cl2N3O4S2. The van der Waals surface area contributed by atoms with Crippen molar-refractivity contribution >= 4 is 87.4 Å². The zero-order chi connectivity index (χ0) is 28.9. The third-order valence-electron chi connectivity index (χ3n) is 5.98. The zero-order valence-electron chi connectivity index (χ0n) is 21.2. The molecule has 1 aromatic heterocycles. The predicted octanol–water partition coefficient (Wildman–Crippen LogP) is 6.89. The van der Waals surface area contributed by atoms with Gasteiger partial charge in [-0.2, -0.15) is 0 Å². The van der Waals surface area contributed by atoms with E-state index in [4.69, 9.17) is 23.2 Å². The maximum Gasteiger partial charge on any atom is 0.272 e. The Labute approximate surface area is 254 Å². The smallest absolute Gasteiger partial charge is 0.272 e. The number of imide groups is 1. The lowest BCUT2D eigenvalue weighted by molar-refractivity contribution is -0.121. The van der Waals surface area contributed by atoms with Gasteiger partial charge in [-0.15, -0.1) is 23.1 Å². The first-order chi connectivity index (χ1) is 19.8. The van der Waals surface area contributed by atoms with E-state index >= 15 is 0 Å². The molecule has 2 N–H and O–H groups in total. The molecule has 1 aliphatic heterocycles. The molecule has 1 atom stereocenters. The number of carbonyl (C=O) groups excluding carboxylic acids is 4. The lowest BCUT2D eigenvalue weighted by Gasteiger charge is -2.16. The highest BCUT2D eigenvalue weighted by molar-refractivity contribution is 8.00. The second-order valence-electron chi connectivity index (χ2n) is 8.85. The molecule has 0 aliphatic carbocycles. The van der Waals surface area contributed by atoms with Gasteiger partial charge in [0.2, 0.25) is 11.8 Å². The highest BCUT2D eigenvalue weighted by atomic mass is 35.5. The summed E-state index contributed by atoms with van der Waals surface area (Å²) in [6.45, 7) is 0. The third kappa shape index (κ3) is 6.89. The Bertz CT molecular complexity index is 1660. The monoisotopic (exact) mass is 621 g/mol. The molecule has 41 heavy (non-hydrogen) atoms. The van der Waals surface area contributed by atoms with Crippen molar-refractivity contribution in [1.82, 2.24) is 5.32 Å². The molecule has 1 aliphatic rings. The summed E-state index contributed by atoms with van der Waals surface area (Å²) < 4.78 is 0. The molecule has 1 fully saturated rings. The second-order valence-corrected chi connectivity index (χ2v) is 11.9. The number of anilines is 2. The molecule has 7 nitrogen and oxygen atoms in total. The molecular weight excluding hydrogens is 601 g/mol. The SMILES string of the molecule is O=C(Nc1cccc(SC2CC(=O)N(c3ccc(Cl)cc3Cl)C2=O)c1)/C(=C/c1cccs1)NC(=O)c1ccccc1. The number of amides is 4. The van der Waals surface area contributed by atoms with Crippen LogP contribution in [0.15, 0.2) is 101 Å². The Kier molecular flexibility index (Phi) is 8.90. The number of hydrogen-bond donors (Lipinski definition) is 2. The molecule has 5 rings (SSSR count). The van der Waals surface area contributed by atoms with E-state index in [1.807, 2.05) is 17.5 Å². The van der Waals surface area contributed by atoms with Gasteiger partial charge in [-0.05, 0) is 66.1 Å². The maximum atomic E-state index is 13.3. The Balaban J connectivity index is 1.31. The van der Waals surface area contributed by atoms with Crippen LogP contribution < -0.4 is 15.5 Å². The van der Waals surface area contributed by atoms with Crippen LogP contribution in [-0.2, 0) is 14.4 Å². The molecule has 11 heteroatoms. The number of carbonyl (C=O) groups is 4. The van der Waals surface area contributed by atoms with Crippen molar-refractivity contribution < 1.29 is 19.2 Å². The van der Waals surface area contributed by atoms with Crippen LogP contribution in [0.3, 0.4) is 0 Å². The lowest BCUT2D eigenvalue weighted by atomic mass is 10.2. The minimum Gasteiger partial charge on any atom is -0.321 e. The van der Waals surface area contributed by atoms with E-state index < -0.39 is 17.1 Å². The number of nitrogens with zero attached hydrogens (tertiary/aromatic N) is 1. The Morgan fingerprint density at radius 2 is 1.76 bits per heavy atom. The van der Waals surface area contributed by atoms with Crippen molar-refractivity contribution in [3.05, 3.63) is 116 Å². The topological polar surface area (TPSA) is 95.6 Å². The maximum absolute atomic E-state index is 13.3. The average molecular weight is 623 g/mol. The van der Waals surface area contributed by atoms with Gasteiger partial charge in [0.05, 0.1) is 16.0 Å². The van der Waals surface area contributed by atoms with Crippen LogP contribution in [0.1, 0.15) is 21.7 Å². The van der Waals surface area contributed by atoms with Crippen molar-refractivity contribution in [3.8, 4) is 0 Å². The Morgan fingerprint density at radius 1 is 0.951 bits per heavy atom. The molecule has 1 unspecified atom stereocenters. The molecule has 206 valence electrons. The molecule has 0 spiro atoms. The second kappa shape index (κ2) is 12.7. The number of halogens is 2. The van der Waals surface area contributed by atoms with E-state index in [2.05, 4.69) is 10.6 Å². The van der Waals surface area contributed by atoms with Gasteiger partial charge in [0.15, 0.2) is 0 Å². The van der Waals surface area contributed by atoms with Crippen LogP contribution in [0, 0.1) is 0 Å². The normalized spacial score (nSPS) is 15.2. The minimum absolute atomic E-state index is 0.00173. The van der Waals surface area contributed by atoms with Gasteiger partial charge in [0.25, 0.3) is 11.8 Å². The van der Waals surface area contributed by atoms with Gasteiger partial charge in [0.1, 0.15) is 5.70 Å². The molecule has 3 aromatic carbocycles. The zero-order valence-corrected chi connectivity index (χ0v) is 24.3. The van der Waals surface area contributed by atoms with Crippen LogP contribution in [0.25, 0.3) is 6.08 Å². The van der Waals surface area contributed by atoms with Gasteiger partial charge >= 0.3 is 0 Å². The van der Waals surface area contributed by atoms with Crippen LogP contribution in [0.4, 0.5) is 11.4 Å². The first kappa shape index (κ1) is 28.6. The largest absolute Gasteiger partial charge is 0.321 e. The first-order valence-electron chi connectivity index (χ1n) is 12.3. The van der Waals surface area contributed by atoms with E-state index in [9.17, 15) is 19.2 Å². The van der Waals surface area contributed by atoms with Gasteiger partial charge in [-0.3, -0.25) is 19.2 Å². The van der Waals surface area contributed by atoms with Crippen molar-refractivity contribution in [2.75, 3.05) is 10.2 Å². The summed E-state index contributed by atoms with van der Waals surface area (Å²) in [5.74, 6) is -1.68. The quantitative estimate of drug-likeness (QED) is 0.165. The number of nitrogens with one attached hydrogen (secondary N) is 2. The van der Waals surface area contributed by atoms with E-state index in [1.54, 1.807) is 72.8 Å². The molecule has 4 amide bonds.